The van der Waals surface area contributed by atoms with Crippen molar-refractivity contribution in [3.8, 4) is 0 Å². The predicted octanol–water partition coefficient (Wildman–Crippen LogP) is 1.87. The lowest BCUT2D eigenvalue weighted by Gasteiger charge is -2.11. The maximum absolute atomic E-state index is 12.8. The van der Waals surface area contributed by atoms with Crippen LogP contribution in [0.1, 0.15) is 6.92 Å². The summed E-state index contributed by atoms with van der Waals surface area (Å²) in [6.45, 7) is 1.56. The Morgan fingerprint density at radius 2 is 2.00 bits per heavy atom. The maximum Gasteiger partial charge on any atom is 0.240 e. The number of sulfonamides is 1. The van der Waals surface area contributed by atoms with Crippen LogP contribution in [0.15, 0.2) is 23.1 Å². The Labute approximate surface area is 97.5 Å². The summed E-state index contributed by atoms with van der Waals surface area (Å²) in [5, 5.41) is 0. The SMILES string of the molecule is CC(CCl)NS(=O)(=O)c1ccc(F)c(F)c1. The first-order chi connectivity index (χ1) is 7.36. The van der Waals surface area contributed by atoms with Gasteiger partial charge in [0.15, 0.2) is 11.6 Å². The molecular weight excluding hydrogens is 260 g/mol. The van der Waals surface area contributed by atoms with Gasteiger partial charge in [-0.15, -0.1) is 11.6 Å². The van der Waals surface area contributed by atoms with Crippen LogP contribution in [-0.2, 0) is 10.0 Å². The van der Waals surface area contributed by atoms with Gasteiger partial charge in [0.2, 0.25) is 10.0 Å². The quantitative estimate of drug-likeness (QED) is 0.848. The van der Waals surface area contributed by atoms with Gasteiger partial charge in [-0.25, -0.2) is 21.9 Å². The van der Waals surface area contributed by atoms with Crippen LogP contribution < -0.4 is 4.72 Å². The predicted molar refractivity (Wildman–Crippen MR) is 56.9 cm³/mol. The molecule has 0 amide bonds. The van der Waals surface area contributed by atoms with Crippen molar-refractivity contribution < 1.29 is 17.2 Å². The molecule has 0 saturated carbocycles. The molecule has 1 atom stereocenters. The molecule has 0 aliphatic heterocycles. The molecule has 0 saturated heterocycles. The molecule has 0 radical (unpaired) electrons. The van der Waals surface area contributed by atoms with Gasteiger partial charge < -0.3 is 0 Å². The van der Waals surface area contributed by atoms with E-state index in [-0.39, 0.29) is 10.8 Å². The van der Waals surface area contributed by atoms with Crippen LogP contribution in [0.5, 0.6) is 0 Å². The van der Waals surface area contributed by atoms with Crippen LogP contribution in [0.25, 0.3) is 0 Å². The Kier molecular flexibility index (Phi) is 4.23. The van der Waals surface area contributed by atoms with Crippen molar-refractivity contribution in [2.24, 2.45) is 0 Å². The van der Waals surface area contributed by atoms with E-state index in [1.807, 2.05) is 0 Å². The first kappa shape index (κ1) is 13.3. The molecule has 16 heavy (non-hydrogen) atoms. The number of hydrogen-bond acceptors (Lipinski definition) is 2. The Morgan fingerprint density at radius 1 is 1.38 bits per heavy atom. The fourth-order valence-corrected chi connectivity index (χ4v) is 2.43. The smallest absolute Gasteiger partial charge is 0.207 e. The average Bonchev–Trinajstić information content (AvgIpc) is 2.21. The Bertz CT molecular complexity index is 478. The minimum Gasteiger partial charge on any atom is -0.207 e. The van der Waals surface area contributed by atoms with Crippen molar-refractivity contribution in [2.45, 2.75) is 17.9 Å². The van der Waals surface area contributed by atoms with E-state index in [9.17, 15) is 17.2 Å². The molecule has 0 aliphatic rings. The zero-order chi connectivity index (χ0) is 12.3. The fourth-order valence-electron chi connectivity index (χ4n) is 1.01. The third-order valence-corrected chi connectivity index (χ3v) is 3.84. The van der Waals surface area contributed by atoms with Crippen LogP contribution in [0.2, 0.25) is 0 Å². The number of hydrogen-bond donors (Lipinski definition) is 1. The summed E-state index contributed by atoms with van der Waals surface area (Å²) in [6, 6.07) is 1.88. The summed E-state index contributed by atoms with van der Waals surface area (Å²) < 4.78 is 50.9. The number of rotatable bonds is 4. The zero-order valence-electron chi connectivity index (χ0n) is 8.38. The van der Waals surface area contributed by atoms with E-state index in [1.165, 1.54) is 0 Å². The van der Waals surface area contributed by atoms with E-state index in [2.05, 4.69) is 4.72 Å². The summed E-state index contributed by atoms with van der Waals surface area (Å²) in [5.74, 6) is -2.21. The van der Waals surface area contributed by atoms with E-state index < -0.39 is 27.7 Å². The standard InChI is InChI=1S/C9H10ClF2NO2S/c1-6(5-10)13-16(14,15)7-2-3-8(11)9(12)4-7/h2-4,6,13H,5H2,1H3. The molecule has 1 aromatic carbocycles. The van der Waals surface area contributed by atoms with Gasteiger partial charge in [-0.1, -0.05) is 0 Å². The van der Waals surface area contributed by atoms with Gasteiger partial charge in [0.05, 0.1) is 4.90 Å². The molecule has 0 aliphatic carbocycles. The van der Waals surface area contributed by atoms with Crippen LogP contribution in [0.4, 0.5) is 8.78 Å². The molecule has 0 spiro atoms. The molecule has 0 fully saturated rings. The molecule has 1 rings (SSSR count). The molecule has 1 unspecified atom stereocenters. The minimum absolute atomic E-state index is 0.0862. The van der Waals surface area contributed by atoms with E-state index in [1.54, 1.807) is 6.92 Å². The van der Waals surface area contributed by atoms with E-state index in [0.29, 0.717) is 6.07 Å². The maximum atomic E-state index is 12.8. The Hall–Kier alpha value is -0.720. The zero-order valence-corrected chi connectivity index (χ0v) is 9.95. The highest BCUT2D eigenvalue weighted by Gasteiger charge is 2.18. The number of halogens is 3. The van der Waals surface area contributed by atoms with Crippen LogP contribution in [-0.4, -0.2) is 20.3 Å². The number of benzene rings is 1. The summed E-state index contributed by atoms with van der Waals surface area (Å²) in [7, 11) is -3.85. The molecule has 1 N–H and O–H groups in total. The normalized spacial score (nSPS) is 13.8. The summed E-state index contributed by atoms with van der Waals surface area (Å²) in [4.78, 5) is -0.330. The van der Waals surface area contributed by atoms with Crippen molar-refractivity contribution in [1.82, 2.24) is 4.72 Å². The van der Waals surface area contributed by atoms with Crippen molar-refractivity contribution in [3.63, 3.8) is 0 Å². The Morgan fingerprint density at radius 3 is 2.50 bits per heavy atom. The van der Waals surface area contributed by atoms with Crippen molar-refractivity contribution in [2.75, 3.05) is 5.88 Å². The van der Waals surface area contributed by atoms with E-state index in [4.69, 9.17) is 11.6 Å². The molecular formula is C9H10ClF2NO2S. The van der Waals surface area contributed by atoms with Crippen LogP contribution >= 0.6 is 11.6 Å². The molecule has 1 aromatic rings. The minimum atomic E-state index is -3.85. The molecule has 0 aromatic heterocycles. The lowest BCUT2D eigenvalue weighted by Crippen LogP contribution is -2.33. The van der Waals surface area contributed by atoms with Gasteiger partial charge in [-0.3, -0.25) is 0 Å². The first-order valence-electron chi connectivity index (χ1n) is 4.40. The third kappa shape index (κ3) is 3.13. The number of nitrogens with one attached hydrogen (secondary N) is 1. The van der Waals surface area contributed by atoms with Gasteiger partial charge in [-0.05, 0) is 25.1 Å². The molecule has 90 valence electrons. The van der Waals surface area contributed by atoms with Gasteiger partial charge >= 0.3 is 0 Å². The molecule has 3 nitrogen and oxygen atoms in total. The lowest BCUT2D eigenvalue weighted by molar-refractivity contribution is 0.503. The van der Waals surface area contributed by atoms with Crippen LogP contribution in [0, 0.1) is 11.6 Å². The largest absolute Gasteiger partial charge is 0.240 e. The highest BCUT2D eigenvalue weighted by atomic mass is 35.5. The molecule has 7 heteroatoms. The highest BCUT2D eigenvalue weighted by molar-refractivity contribution is 7.89. The Balaban J connectivity index is 3.03. The summed E-state index contributed by atoms with van der Waals surface area (Å²) >= 11 is 5.44. The molecule has 0 bridgehead atoms. The lowest BCUT2D eigenvalue weighted by atomic mass is 10.3. The topological polar surface area (TPSA) is 46.2 Å². The average molecular weight is 270 g/mol. The van der Waals surface area contributed by atoms with Gasteiger partial charge in [0, 0.05) is 11.9 Å². The van der Waals surface area contributed by atoms with Gasteiger partial charge in [0.1, 0.15) is 0 Å². The van der Waals surface area contributed by atoms with Gasteiger partial charge in [-0.2, -0.15) is 0 Å². The monoisotopic (exact) mass is 269 g/mol. The summed E-state index contributed by atoms with van der Waals surface area (Å²) in [6.07, 6.45) is 0. The van der Waals surface area contributed by atoms with Crippen molar-refractivity contribution >= 4 is 21.6 Å². The second-order valence-corrected chi connectivity index (χ2v) is 5.28. The van der Waals surface area contributed by atoms with E-state index in [0.717, 1.165) is 12.1 Å². The van der Waals surface area contributed by atoms with Gasteiger partial charge in [0.25, 0.3) is 0 Å². The second-order valence-electron chi connectivity index (χ2n) is 3.25. The number of alkyl halides is 1. The fraction of sp³-hybridized carbons (Fsp3) is 0.333. The second kappa shape index (κ2) is 5.07. The van der Waals surface area contributed by atoms with Crippen LogP contribution in [0.3, 0.4) is 0 Å². The highest BCUT2D eigenvalue weighted by Crippen LogP contribution is 2.14. The van der Waals surface area contributed by atoms with E-state index >= 15 is 0 Å². The molecule has 0 heterocycles. The first-order valence-corrected chi connectivity index (χ1v) is 6.42. The van der Waals surface area contributed by atoms with Crippen molar-refractivity contribution in [3.05, 3.63) is 29.8 Å². The third-order valence-electron chi connectivity index (χ3n) is 1.79. The van der Waals surface area contributed by atoms with Crippen molar-refractivity contribution in [1.29, 1.82) is 0 Å². The summed E-state index contributed by atoms with van der Waals surface area (Å²) in [5.41, 5.74) is 0.